The van der Waals surface area contributed by atoms with Crippen LogP contribution in [0.4, 0.5) is 0 Å². The fraction of sp³-hybridized carbons (Fsp3) is 0.727. The lowest BCUT2D eigenvalue weighted by Crippen LogP contribution is -2.44. The molecule has 29 heavy (non-hydrogen) atoms. The van der Waals surface area contributed by atoms with E-state index in [2.05, 4.69) is 0 Å². The van der Waals surface area contributed by atoms with Crippen LogP contribution < -0.4 is 0 Å². The highest BCUT2D eigenvalue weighted by atomic mass is 16.6. The maximum atomic E-state index is 12.6. The van der Waals surface area contributed by atoms with E-state index in [4.69, 9.17) is 9.47 Å². The predicted molar refractivity (Wildman–Crippen MR) is 109 cm³/mol. The quantitative estimate of drug-likeness (QED) is 0.243. The van der Waals surface area contributed by atoms with Crippen LogP contribution in [-0.4, -0.2) is 57.8 Å². The molecule has 1 heterocycles. The van der Waals surface area contributed by atoms with Crippen LogP contribution in [0.5, 0.6) is 0 Å². The molecular formula is C22H36O7. The van der Waals surface area contributed by atoms with Crippen LogP contribution in [0.3, 0.4) is 0 Å². The van der Waals surface area contributed by atoms with E-state index in [0.717, 1.165) is 25.7 Å². The van der Waals surface area contributed by atoms with E-state index in [-0.39, 0.29) is 12.3 Å². The Morgan fingerprint density at radius 1 is 1.24 bits per heavy atom. The summed E-state index contributed by atoms with van der Waals surface area (Å²) < 4.78 is 11.0. The number of ether oxygens (including phenoxy) is 2. The minimum Gasteiger partial charge on any atom is -0.458 e. The van der Waals surface area contributed by atoms with Gasteiger partial charge in [-0.2, -0.15) is 0 Å². The highest BCUT2D eigenvalue weighted by Crippen LogP contribution is 2.22. The van der Waals surface area contributed by atoms with Crippen molar-refractivity contribution in [2.24, 2.45) is 5.92 Å². The number of allylic oxidation sites excluding steroid dienone is 1. The van der Waals surface area contributed by atoms with Crippen LogP contribution in [0.25, 0.3) is 0 Å². The molecule has 0 aliphatic carbocycles. The van der Waals surface area contributed by atoms with Crippen molar-refractivity contribution in [1.29, 1.82) is 0 Å². The lowest BCUT2D eigenvalue weighted by molar-refractivity contribution is -0.175. The Kier molecular flexibility index (Phi) is 11.2. The smallest absolute Gasteiger partial charge is 0.333 e. The van der Waals surface area contributed by atoms with Crippen molar-refractivity contribution in [2.75, 3.05) is 0 Å². The van der Waals surface area contributed by atoms with Crippen LogP contribution in [0.2, 0.25) is 0 Å². The van der Waals surface area contributed by atoms with Crippen molar-refractivity contribution in [1.82, 2.24) is 0 Å². The summed E-state index contributed by atoms with van der Waals surface area (Å²) in [7, 11) is 0. The first-order valence-electron chi connectivity index (χ1n) is 10.5. The van der Waals surface area contributed by atoms with Gasteiger partial charge in [0.15, 0.2) is 6.10 Å². The summed E-state index contributed by atoms with van der Waals surface area (Å²) >= 11 is 0. The van der Waals surface area contributed by atoms with Gasteiger partial charge in [0, 0.05) is 5.57 Å². The van der Waals surface area contributed by atoms with Crippen LogP contribution in [0.1, 0.15) is 66.2 Å². The third kappa shape index (κ3) is 8.68. The van der Waals surface area contributed by atoms with Crippen molar-refractivity contribution >= 4 is 11.9 Å². The molecule has 0 aromatic carbocycles. The monoisotopic (exact) mass is 412 g/mol. The van der Waals surface area contributed by atoms with Gasteiger partial charge in [-0.3, -0.25) is 4.79 Å². The van der Waals surface area contributed by atoms with E-state index in [1.165, 1.54) is 12.2 Å². The fourth-order valence-electron chi connectivity index (χ4n) is 3.05. The molecule has 0 fully saturated rings. The van der Waals surface area contributed by atoms with Gasteiger partial charge in [-0.05, 0) is 25.7 Å². The molecule has 0 bridgehead atoms. The minimum absolute atomic E-state index is 0.200. The maximum Gasteiger partial charge on any atom is 0.333 e. The SMILES string of the molecule is CCCCCC1OC(=O)CC(O)C(O)C=CC(O)C1OC(=O)C(C)=CC(C)CC. The topological polar surface area (TPSA) is 113 Å². The molecule has 1 aliphatic rings. The number of carbonyl (C=O) groups is 2. The number of unbranched alkanes of at least 4 members (excludes halogenated alkanes) is 2. The number of hydrogen-bond acceptors (Lipinski definition) is 7. The van der Waals surface area contributed by atoms with Crippen LogP contribution in [-0.2, 0) is 19.1 Å². The second kappa shape index (κ2) is 12.8. The van der Waals surface area contributed by atoms with E-state index in [9.17, 15) is 24.9 Å². The van der Waals surface area contributed by atoms with Crippen LogP contribution >= 0.6 is 0 Å². The number of hydrogen-bond donors (Lipinski definition) is 3. The summed E-state index contributed by atoms with van der Waals surface area (Å²) in [6.07, 6.45) is 1.84. The molecule has 1 aliphatic heterocycles. The minimum atomic E-state index is -1.34. The molecule has 0 radical (unpaired) electrons. The van der Waals surface area contributed by atoms with Gasteiger partial charge in [0.25, 0.3) is 0 Å². The largest absolute Gasteiger partial charge is 0.458 e. The molecule has 0 aromatic rings. The Labute approximate surface area is 173 Å². The van der Waals surface area contributed by atoms with Gasteiger partial charge in [-0.1, -0.05) is 58.3 Å². The molecule has 0 spiro atoms. The van der Waals surface area contributed by atoms with Gasteiger partial charge in [-0.25, -0.2) is 4.79 Å². The number of aliphatic hydroxyl groups is 3. The van der Waals surface area contributed by atoms with Gasteiger partial charge in [0.1, 0.15) is 12.2 Å². The molecular weight excluding hydrogens is 376 g/mol. The van der Waals surface area contributed by atoms with Crippen molar-refractivity contribution in [3.63, 3.8) is 0 Å². The average Bonchev–Trinajstić information content (AvgIpc) is 2.68. The molecule has 0 aromatic heterocycles. The molecule has 0 saturated carbocycles. The van der Waals surface area contributed by atoms with E-state index < -0.39 is 42.5 Å². The van der Waals surface area contributed by atoms with E-state index in [1.807, 2.05) is 26.8 Å². The van der Waals surface area contributed by atoms with Gasteiger partial charge in [-0.15, -0.1) is 0 Å². The molecule has 166 valence electrons. The Bertz CT molecular complexity index is 584. The number of rotatable bonds is 8. The zero-order chi connectivity index (χ0) is 22.0. The first-order valence-corrected chi connectivity index (χ1v) is 10.5. The average molecular weight is 413 g/mol. The summed E-state index contributed by atoms with van der Waals surface area (Å²) in [6, 6.07) is 0. The third-order valence-electron chi connectivity index (χ3n) is 5.10. The standard InChI is InChI=1S/C22H36O7/c1-5-7-8-9-19-21(29-22(27)15(4)12-14(3)6-2)17(24)11-10-16(23)18(25)13-20(26)28-19/h10-12,14,16-19,21,23-25H,5-9,13H2,1-4H3. The summed E-state index contributed by atoms with van der Waals surface area (Å²) in [4.78, 5) is 24.8. The number of cyclic esters (lactones) is 1. The summed E-state index contributed by atoms with van der Waals surface area (Å²) in [5, 5.41) is 30.4. The molecule has 6 unspecified atom stereocenters. The first-order chi connectivity index (χ1) is 13.7. The predicted octanol–water partition coefficient (Wildman–Crippen LogP) is 2.43. The number of esters is 2. The molecule has 1 rings (SSSR count). The number of aliphatic hydroxyl groups excluding tert-OH is 3. The van der Waals surface area contributed by atoms with Crippen LogP contribution in [0, 0.1) is 5.92 Å². The Hall–Kier alpha value is -1.70. The molecule has 6 atom stereocenters. The van der Waals surface area contributed by atoms with E-state index in [1.54, 1.807) is 6.92 Å². The van der Waals surface area contributed by atoms with Gasteiger partial charge >= 0.3 is 11.9 Å². The Morgan fingerprint density at radius 3 is 2.52 bits per heavy atom. The van der Waals surface area contributed by atoms with Gasteiger partial charge in [0.05, 0.1) is 18.6 Å². The summed E-state index contributed by atoms with van der Waals surface area (Å²) in [5.74, 6) is -1.10. The Morgan fingerprint density at radius 2 is 1.90 bits per heavy atom. The third-order valence-corrected chi connectivity index (χ3v) is 5.10. The highest BCUT2D eigenvalue weighted by Gasteiger charge is 2.35. The highest BCUT2D eigenvalue weighted by molar-refractivity contribution is 5.88. The van der Waals surface area contributed by atoms with Crippen molar-refractivity contribution < 1.29 is 34.4 Å². The summed E-state index contributed by atoms with van der Waals surface area (Å²) in [5.41, 5.74) is 0.418. The second-order valence-corrected chi connectivity index (χ2v) is 7.77. The van der Waals surface area contributed by atoms with E-state index >= 15 is 0 Å². The molecule has 7 heteroatoms. The molecule has 7 nitrogen and oxygen atoms in total. The zero-order valence-electron chi connectivity index (χ0n) is 17.9. The molecule has 3 N–H and O–H groups in total. The fourth-order valence-corrected chi connectivity index (χ4v) is 3.05. The normalized spacial score (nSPS) is 29.8. The molecule has 0 saturated heterocycles. The molecule has 0 amide bonds. The second-order valence-electron chi connectivity index (χ2n) is 7.77. The number of carbonyl (C=O) groups excluding carboxylic acids is 2. The summed E-state index contributed by atoms with van der Waals surface area (Å²) in [6.45, 7) is 7.68. The Balaban J connectivity index is 3.12. The van der Waals surface area contributed by atoms with Crippen molar-refractivity contribution in [2.45, 2.75) is 96.7 Å². The zero-order valence-corrected chi connectivity index (χ0v) is 17.9. The maximum absolute atomic E-state index is 12.6. The first kappa shape index (κ1) is 25.3. The lowest BCUT2D eigenvalue weighted by atomic mass is 9.98. The van der Waals surface area contributed by atoms with Crippen LogP contribution in [0.15, 0.2) is 23.8 Å². The lowest BCUT2D eigenvalue weighted by Gasteiger charge is -2.31. The van der Waals surface area contributed by atoms with Gasteiger partial charge in [0.2, 0.25) is 0 Å². The van der Waals surface area contributed by atoms with E-state index in [0.29, 0.717) is 12.0 Å². The van der Waals surface area contributed by atoms with Crippen molar-refractivity contribution in [3.05, 3.63) is 23.8 Å². The van der Waals surface area contributed by atoms with Gasteiger partial charge < -0.3 is 24.8 Å². The van der Waals surface area contributed by atoms with Crippen molar-refractivity contribution in [3.8, 4) is 0 Å².